The van der Waals surface area contributed by atoms with Gasteiger partial charge in [0.1, 0.15) is 6.33 Å². The van der Waals surface area contributed by atoms with Crippen molar-refractivity contribution in [3.63, 3.8) is 0 Å². The van der Waals surface area contributed by atoms with Gasteiger partial charge in [0.25, 0.3) is 0 Å². The highest BCUT2D eigenvalue weighted by molar-refractivity contribution is 5.62. The van der Waals surface area contributed by atoms with Crippen LogP contribution in [0.3, 0.4) is 0 Å². The molecule has 0 radical (unpaired) electrons. The molecule has 0 saturated carbocycles. The lowest BCUT2D eigenvalue weighted by Gasteiger charge is -2.04. The molecule has 1 heterocycles. The third-order valence-electron chi connectivity index (χ3n) is 2.59. The van der Waals surface area contributed by atoms with Crippen molar-refractivity contribution in [2.75, 3.05) is 0 Å². The van der Waals surface area contributed by atoms with Crippen LogP contribution in [0.2, 0.25) is 0 Å². The molecule has 2 rings (SSSR count). The van der Waals surface area contributed by atoms with Crippen molar-refractivity contribution in [1.82, 2.24) is 9.97 Å². The molecule has 0 amide bonds. The van der Waals surface area contributed by atoms with Crippen molar-refractivity contribution in [2.45, 2.75) is 20.3 Å². The average Bonchev–Trinajstić information content (AvgIpc) is 2.38. The summed E-state index contributed by atoms with van der Waals surface area (Å²) in [6.45, 7) is 4.04. The second-order valence-corrected chi connectivity index (χ2v) is 3.95. The average molecular weight is 223 g/mol. The Kier molecular flexibility index (Phi) is 3.15. The van der Waals surface area contributed by atoms with Gasteiger partial charge in [0.2, 0.25) is 0 Å². The van der Waals surface area contributed by atoms with Gasteiger partial charge in [-0.25, -0.2) is 9.97 Å². The molecule has 0 aliphatic heterocycles. The summed E-state index contributed by atoms with van der Waals surface area (Å²) in [6, 6.07) is 9.88. The van der Waals surface area contributed by atoms with Crippen LogP contribution in [0.15, 0.2) is 30.6 Å². The Labute approximate surface area is 101 Å². The lowest BCUT2D eigenvalue weighted by atomic mass is 10.0. The van der Waals surface area contributed by atoms with Gasteiger partial charge in [0.15, 0.2) is 0 Å². The normalized spacial score (nSPS) is 9.94. The summed E-state index contributed by atoms with van der Waals surface area (Å²) in [7, 11) is 0. The number of hydrogen-bond donors (Lipinski definition) is 0. The molecular weight excluding hydrogens is 210 g/mol. The van der Waals surface area contributed by atoms with Crippen molar-refractivity contribution in [3.05, 3.63) is 47.4 Å². The third kappa shape index (κ3) is 2.48. The fourth-order valence-electron chi connectivity index (χ4n) is 1.74. The predicted octanol–water partition coefficient (Wildman–Crippen LogP) is 2.89. The Morgan fingerprint density at radius 3 is 2.71 bits per heavy atom. The van der Waals surface area contributed by atoms with Gasteiger partial charge >= 0.3 is 0 Å². The van der Waals surface area contributed by atoms with Crippen LogP contribution in [0.25, 0.3) is 11.3 Å². The molecule has 1 aromatic carbocycles. The Hall–Kier alpha value is -2.21. The van der Waals surface area contributed by atoms with Crippen molar-refractivity contribution in [3.8, 4) is 17.3 Å². The first-order chi connectivity index (χ1) is 8.22. The van der Waals surface area contributed by atoms with Crippen LogP contribution < -0.4 is 0 Å². The molecule has 17 heavy (non-hydrogen) atoms. The zero-order valence-corrected chi connectivity index (χ0v) is 9.94. The molecule has 0 atom stereocenters. The van der Waals surface area contributed by atoms with Gasteiger partial charge in [-0.05, 0) is 43.2 Å². The van der Waals surface area contributed by atoms with Crippen LogP contribution in [0.1, 0.15) is 23.7 Å². The highest BCUT2D eigenvalue weighted by atomic mass is 14.8. The maximum absolute atomic E-state index is 8.95. The molecule has 0 spiro atoms. The van der Waals surface area contributed by atoms with E-state index in [9.17, 15) is 0 Å². The molecule has 0 N–H and O–H groups in total. The minimum atomic E-state index is 0.664. The number of benzene rings is 1. The van der Waals surface area contributed by atoms with E-state index in [1.165, 1.54) is 0 Å². The van der Waals surface area contributed by atoms with Gasteiger partial charge in [-0.3, -0.25) is 0 Å². The number of aromatic nitrogens is 2. The smallest absolute Gasteiger partial charge is 0.116 e. The fraction of sp³-hybridized carbons (Fsp3) is 0.214. The lowest BCUT2D eigenvalue weighted by molar-refractivity contribution is 1.00. The highest BCUT2D eigenvalue weighted by Gasteiger charge is 2.03. The van der Waals surface area contributed by atoms with Crippen LogP contribution in [0, 0.1) is 18.3 Å². The maximum atomic E-state index is 8.95. The van der Waals surface area contributed by atoms with Crippen molar-refractivity contribution in [1.29, 1.82) is 5.26 Å². The van der Waals surface area contributed by atoms with E-state index in [1.807, 2.05) is 31.2 Å². The molecular formula is C14H13N3. The highest BCUT2D eigenvalue weighted by Crippen LogP contribution is 2.20. The van der Waals surface area contributed by atoms with Gasteiger partial charge in [0, 0.05) is 11.3 Å². The largest absolute Gasteiger partial charge is 0.241 e. The monoisotopic (exact) mass is 223 g/mol. The van der Waals surface area contributed by atoms with Gasteiger partial charge in [-0.2, -0.15) is 5.26 Å². The van der Waals surface area contributed by atoms with Crippen LogP contribution in [-0.2, 0) is 6.42 Å². The van der Waals surface area contributed by atoms with Crippen LogP contribution in [0.4, 0.5) is 0 Å². The lowest BCUT2D eigenvalue weighted by Crippen LogP contribution is -1.92. The van der Waals surface area contributed by atoms with Crippen molar-refractivity contribution < 1.29 is 0 Å². The predicted molar refractivity (Wildman–Crippen MR) is 66.3 cm³/mol. The quantitative estimate of drug-likeness (QED) is 0.786. The second-order valence-electron chi connectivity index (χ2n) is 3.95. The number of rotatable bonds is 2. The van der Waals surface area contributed by atoms with Gasteiger partial charge in [0.05, 0.1) is 17.3 Å². The summed E-state index contributed by atoms with van der Waals surface area (Å²) in [5.74, 6) is 0. The molecule has 84 valence electrons. The molecule has 0 saturated heterocycles. The standard InChI is InChI=1S/C14H13N3/c1-3-13-7-14(17-9-16-13)12-5-10(2)4-11(6-12)8-15/h4-7,9H,3H2,1-2H3. The zero-order chi connectivity index (χ0) is 12.3. The summed E-state index contributed by atoms with van der Waals surface area (Å²) >= 11 is 0. The Bertz CT molecular complexity index is 582. The summed E-state index contributed by atoms with van der Waals surface area (Å²) in [6.07, 6.45) is 2.45. The number of nitrogens with zero attached hydrogens (tertiary/aromatic N) is 3. The topological polar surface area (TPSA) is 49.6 Å². The Morgan fingerprint density at radius 2 is 2.00 bits per heavy atom. The number of nitriles is 1. The molecule has 3 heteroatoms. The third-order valence-corrected chi connectivity index (χ3v) is 2.59. The zero-order valence-electron chi connectivity index (χ0n) is 9.94. The molecule has 0 fully saturated rings. The van der Waals surface area contributed by atoms with Crippen LogP contribution in [0.5, 0.6) is 0 Å². The van der Waals surface area contributed by atoms with Crippen LogP contribution in [-0.4, -0.2) is 9.97 Å². The van der Waals surface area contributed by atoms with Crippen molar-refractivity contribution >= 4 is 0 Å². The molecule has 0 unspecified atom stereocenters. The first-order valence-corrected chi connectivity index (χ1v) is 5.56. The summed E-state index contributed by atoms with van der Waals surface area (Å²) in [5.41, 5.74) is 4.58. The summed E-state index contributed by atoms with van der Waals surface area (Å²) in [4.78, 5) is 8.43. The van der Waals surface area contributed by atoms with E-state index >= 15 is 0 Å². The summed E-state index contributed by atoms with van der Waals surface area (Å²) in [5, 5.41) is 8.95. The van der Waals surface area contributed by atoms with E-state index in [0.717, 1.165) is 28.9 Å². The van der Waals surface area contributed by atoms with Gasteiger partial charge in [-0.15, -0.1) is 0 Å². The van der Waals surface area contributed by atoms with E-state index in [-0.39, 0.29) is 0 Å². The first-order valence-electron chi connectivity index (χ1n) is 5.56. The number of aryl methyl sites for hydroxylation is 2. The van der Waals surface area contributed by atoms with E-state index in [1.54, 1.807) is 6.33 Å². The van der Waals surface area contributed by atoms with Gasteiger partial charge < -0.3 is 0 Å². The molecule has 3 nitrogen and oxygen atoms in total. The van der Waals surface area contributed by atoms with E-state index < -0.39 is 0 Å². The maximum Gasteiger partial charge on any atom is 0.116 e. The SMILES string of the molecule is CCc1cc(-c2cc(C)cc(C#N)c2)ncn1. The molecule has 1 aromatic heterocycles. The molecule has 0 aliphatic carbocycles. The van der Waals surface area contributed by atoms with E-state index in [4.69, 9.17) is 5.26 Å². The minimum absolute atomic E-state index is 0.664. The molecule has 2 aromatic rings. The van der Waals surface area contributed by atoms with E-state index in [2.05, 4.69) is 23.0 Å². The fourth-order valence-corrected chi connectivity index (χ4v) is 1.74. The minimum Gasteiger partial charge on any atom is -0.241 e. The van der Waals surface area contributed by atoms with Crippen molar-refractivity contribution in [2.24, 2.45) is 0 Å². The number of hydrogen-bond acceptors (Lipinski definition) is 3. The second kappa shape index (κ2) is 4.75. The Morgan fingerprint density at radius 1 is 1.18 bits per heavy atom. The summed E-state index contributed by atoms with van der Waals surface area (Å²) < 4.78 is 0. The van der Waals surface area contributed by atoms with Crippen LogP contribution >= 0.6 is 0 Å². The molecule has 0 bridgehead atoms. The van der Waals surface area contributed by atoms with Gasteiger partial charge in [-0.1, -0.05) is 6.92 Å². The Balaban J connectivity index is 2.52. The first kappa shape index (κ1) is 11.3. The van der Waals surface area contributed by atoms with E-state index in [0.29, 0.717) is 5.56 Å². The molecule has 0 aliphatic rings.